The summed E-state index contributed by atoms with van der Waals surface area (Å²) in [5.74, 6) is 2.30. The molecule has 1 saturated heterocycles. The number of fused-ring (bicyclic) bond motifs is 1. The van der Waals surface area contributed by atoms with Gasteiger partial charge in [-0.15, -0.1) is 11.8 Å². The standard InChI is InChI=1S/C22H27N3O3S/c1-27-19-8-3-2-7-18(19)25-13-11-24(12-14-25)10-5-15-28-20-9-4-6-17-22(20)29-16-21(26)23-17/h2-4,6-9H,5,10-16H2,1H3,(H,23,26). The molecule has 1 fully saturated rings. The van der Waals surface area contributed by atoms with E-state index in [4.69, 9.17) is 9.47 Å². The molecule has 2 aromatic carbocycles. The van der Waals surface area contributed by atoms with Gasteiger partial charge in [0.05, 0.1) is 35.7 Å². The van der Waals surface area contributed by atoms with Crippen LogP contribution in [-0.2, 0) is 4.79 Å². The Labute approximate surface area is 176 Å². The van der Waals surface area contributed by atoms with Gasteiger partial charge in [0.1, 0.15) is 11.5 Å². The van der Waals surface area contributed by atoms with E-state index in [2.05, 4.69) is 27.2 Å². The number of hydrogen-bond acceptors (Lipinski definition) is 6. The lowest BCUT2D eigenvalue weighted by Gasteiger charge is -2.36. The van der Waals surface area contributed by atoms with Crippen LogP contribution in [0.2, 0.25) is 0 Å². The SMILES string of the molecule is COc1ccccc1N1CCN(CCCOc2cccc3c2SCC(=O)N3)CC1. The summed E-state index contributed by atoms with van der Waals surface area (Å²) in [4.78, 5) is 17.5. The number of nitrogens with zero attached hydrogens (tertiary/aromatic N) is 2. The van der Waals surface area contributed by atoms with E-state index >= 15 is 0 Å². The van der Waals surface area contributed by atoms with Gasteiger partial charge in [0.25, 0.3) is 0 Å². The van der Waals surface area contributed by atoms with Crippen LogP contribution in [0.4, 0.5) is 11.4 Å². The van der Waals surface area contributed by atoms with Crippen molar-refractivity contribution < 1.29 is 14.3 Å². The Balaban J connectivity index is 1.22. The van der Waals surface area contributed by atoms with Crippen LogP contribution in [0.15, 0.2) is 47.4 Å². The molecule has 2 heterocycles. The van der Waals surface area contributed by atoms with Crippen molar-refractivity contribution in [3.05, 3.63) is 42.5 Å². The summed E-state index contributed by atoms with van der Waals surface area (Å²) in [5.41, 5.74) is 2.03. The molecule has 7 heteroatoms. The van der Waals surface area contributed by atoms with Crippen molar-refractivity contribution in [3.8, 4) is 11.5 Å². The smallest absolute Gasteiger partial charge is 0.234 e. The van der Waals surface area contributed by atoms with Gasteiger partial charge >= 0.3 is 0 Å². The molecule has 0 radical (unpaired) electrons. The first-order valence-corrected chi connectivity index (χ1v) is 11.0. The predicted molar refractivity (Wildman–Crippen MR) is 118 cm³/mol. The number of nitrogens with one attached hydrogen (secondary N) is 1. The van der Waals surface area contributed by atoms with Gasteiger partial charge in [0, 0.05) is 32.7 Å². The number of ether oxygens (including phenoxy) is 2. The molecular weight excluding hydrogens is 386 g/mol. The average molecular weight is 414 g/mol. The van der Waals surface area contributed by atoms with E-state index in [-0.39, 0.29) is 5.91 Å². The molecule has 0 unspecified atom stereocenters. The minimum absolute atomic E-state index is 0.0481. The number of benzene rings is 2. The third-order valence-electron chi connectivity index (χ3n) is 5.27. The first kappa shape index (κ1) is 19.9. The Kier molecular flexibility index (Phi) is 6.46. The van der Waals surface area contributed by atoms with Gasteiger partial charge in [-0.1, -0.05) is 18.2 Å². The van der Waals surface area contributed by atoms with E-state index in [0.717, 1.165) is 61.2 Å². The van der Waals surface area contributed by atoms with Crippen LogP contribution in [0.3, 0.4) is 0 Å². The Bertz CT molecular complexity index is 853. The minimum Gasteiger partial charge on any atom is -0.495 e. The molecule has 0 aliphatic carbocycles. The van der Waals surface area contributed by atoms with E-state index in [1.165, 1.54) is 5.69 Å². The zero-order valence-electron chi connectivity index (χ0n) is 16.7. The molecule has 0 atom stereocenters. The first-order chi connectivity index (χ1) is 14.2. The summed E-state index contributed by atoms with van der Waals surface area (Å²) in [5, 5.41) is 2.91. The number of anilines is 2. The van der Waals surface area contributed by atoms with Gasteiger partial charge in [-0.05, 0) is 30.7 Å². The largest absolute Gasteiger partial charge is 0.495 e. The summed E-state index contributed by atoms with van der Waals surface area (Å²) in [6.45, 7) is 5.80. The molecule has 6 nitrogen and oxygen atoms in total. The molecule has 2 aliphatic rings. The number of rotatable bonds is 7. The Morgan fingerprint density at radius 3 is 2.66 bits per heavy atom. The fourth-order valence-electron chi connectivity index (χ4n) is 3.77. The van der Waals surface area contributed by atoms with Crippen molar-refractivity contribution in [1.82, 2.24) is 4.90 Å². The Morgan fingerprint density at radius 2 is 1.83 bits per heavy atom. The summed E-state index contributed by atoms with van der Waals surface area (Å²) >= 11 is 1.55. The maximum Gasteiger partial charge on any atom is 0.234 e. The summed E-state index contributed by atoms with van der Waals surface area (Å²) in [6, 6.07) is 14.1. The van der Waals surface area contributed by atoms with E-state index in [0.29, 0.717) is 12.4 Å². The molecule has 2 aliphatic heterocycles. The topological polar surface area (TPSA) is 54.0 Å². The second kappa shape index (κ2) is 9.41. The van der Waals surface area contributed by atoms with Crippen LogP contribution >= 0.6 is 11.8 Å². The van der Waals surface area contributed by atoms with Crippen LogP contribution < -0.4 is 19.7 Å². The lowest BCUT2D eigenvalue weighted by Crippen LogP contribution is -2.46. The number of para-hydroxylation sites is 2. The van der Waals surface area contributed by atoms with Crippen LogP contribution in [0.1, 0.15) is 6.42 Å². The normalized spacial score (nSPS) is 16.9. The quantitative estimate of drug-likeness (QED) is 0.703. The fourth-order valence-corrected chi connectivity index (χ4v) is 4.67. The summed E-state index contributed by atoms with van der Waals surface area (Å²) in [7, 11) is 1.73. The third kappa shape index (κ3) is 4.79. The zero-order chi connectivity index (χ0) is 20.1. The molecule has 29 heavy (non-hydrogen) atoms. The van der Waals surface area contributed by atoms with E-state index < -0.39 is 0 Å². The van der Waals surface area contributed by atoms with Gasteiger partial charge in [-0.2, -0.15) is 0 Å². The lowest BCUT2D eigenvalue weighted by atomic mass is 10.2. The number of amides is 1. The molecule has 4 rings (SSSR count). The molecule has 154 valence electrons. The molecule has 1 amide bonds. The molecular formula is C22H27N3O3S. The van der Waals surface area contributed by atoms with Crippen LogP contribution in [0.25, 0.3) is 0 Å². The second-order valence-corrected chi connectivity index (χ2v) is 8.16. The zero-order valence-corrected chi connectivity index (χ0v) is 17.5. The van der Waals surface area contributed by atoms with Crippen LogP contribution in [-0.4, -0.2) is 63.0 Å². The second-order valence-electron chi connectivity index (χ2n) is 7.17. The fraction of sp³-hybridized carbons (Fsp3) is 0.409. The van der Waals surface area contributed by atoms with Crippen molar-refractivity contribution >= 4 is 29.0 Å². The summed E-state index contributed by atoms with van der Waals surface area (Å²) in [6.07, 6.45) is 0.981. The molecule has 1 N–H and O–H groups in total. The van der Waals surface area contributed by atoms with Gasteiger partial charge in [0.15, 0.2) is 0 Å². The van der Waals surface area contributed by atoms with Crippen LogP contribution in [0.5, 0.6) is 11.5 Å². The Hall–Kier alpha value is -2.38. The van der Waals surface area contributed by atoms with Gasteiger partial charge in [0.2, 0.25) is 5.91 Å². The molecule has 0 saturated carbocycles. The molecule has 2 aromatic rings. The number of methoxy groups -OCH3 is 1. The van der Waals surface area contributed by atoms with Crippen molar-refractivity contribution in [2.24, 2.45) is 0 Å². The Morgan fingerprint density at radius 1 is 1.03 bits per heavy atom. The van der Waals surface area contributed by atoms with E-state index in [1.54, 1.807) is 18.9 Å². The van der Waals surface area contributed by atoms with E-state index in [9.17, 15) is 4.79 Å². The first-order valence-electron chi connectivity index (χ1n) is 10.0. The van der Waals surface area contributed by atoms with Crippen LogP contribution in [0, 0.1) is 0 Å². The maximum absolute atomic E-state index is 11.5. The van der Waals surface area contributed by atoms with Crippen molar-refractivity contribution in [1.29, 1.82) is 0 Å². The van der Waals surface area contributed by atoms with Crippen molar-refractivity contribution in [2.75, 3.05) is 62.4 Å². The number of piperazine rings is 1. The highest BCUT2D eigenvalue weighted by Gasteiger charge is 2.20. The van der Waals surface area contributed by atoms with Crippen molar-refractivity contribution in [2.45, 2.75) is 11.3 Å². The van der Waals surface area contributed by atoms with E-state index in [1.807, 2.05) is 30.3 Å². The highest BCUT2D eigenvalue weighted by Crippen LogP contribution is 2.39. The maximum atomic E-state index is 11.5. The molecule has 0 aromatic heterocycles. The predicted octanol–water partition coefficient (Wildman–Crippen LogP) is 3.33. The highest BCUT2D eigenvalue weighted by atomic mass is 32.2. The minimum atomic E-state index is 0.0481. The highest BCUT2D eigenvalue weighted by molar-refractivity contribution is 8.00. The van der Waals surface area contributed by atoms with Gasteiger partial charge < -0.3 is 19.7 Å². The molecule has 0 bridgehead atoms. The number of carbonyl (C=O) groups excluding carboxylic acids is 1. The van der Waals surface area contributed by atoms with Gasteiger partial charge in [-0.25, -0.2) is 0 Å². The molecule has 0 spiro atoms. The number of thioether (sulfide) groups is 1. The lowest BCUT2D eigenvalue weighted by molar-refractivity contribution is -0.113. The number of carbonyl (C=O) groups is 1. The average Bonchev–Trinajstić information content (AvgIpc) is 2.77. The monoisotopic (exact) mass is 413 g/mol. The third-order valence-corrected chi connectivity index (χ3v) is 6.39. The summed E-state index contributed by atoms with van der Waals surface area (Å²) < 4.78 is 11.5. The van der Waals surface area contributed by atoms with Crippen molar-refractivity contribution in [3.63, 3.8) is 0 Å². The van der Waals surface area contributed by atoms with Gasteiger partial charge in [-0.3, -0.25) is 9.69 Å². The number of hydrogen-bond donors (Lipinski definition) is 1.